The third kappa shape index (κ3) is 7.19. The van der Waals surface area contributed by atoms with Gasteiger partial charge < -0.3 is 30.1 Å². The van der Waals surface area contributed by atoms with E-state index in [9.17, 15) is 24.9 Å². The molecule has 0 saturated carbocycles. The smallest absolute Gasteiger partial charge is 0.267 e. The van der Waals surface area contributed by atoms with Gasteiger partial charge in [0.2, 0.25) is 6.29 Å². The highest BCUT2D eigenvalue weighted by Gasteiger charge is 2.44. The number of nitrogens with zero attached hydrogens (tertiary/aromatic N) is 1. The number of ether oxygens (including phenoxy) is 1. The number of rotatable bonds is 9. The Kier molecular flexibility index (Phi) is 9.71. The lowest BCUT2D eigenvalue weighted by molar-refractivity contribution is -0.312. The minimum atomic E-state index is -1.63. The molecule has 10 heteroatoms. The Morgan fingerprint density at radius 1 is 1.12 bits per heavy atom. The number of hydrogen-bond donors (Lipinski definition) is 5. The van der Waals surface area contributed by atoms with Crippen molar-refractivity contribution in [1.82, 2.24) is 5.48 Å². The lowest BCUT2D eigenvalue weighted by atomic mass is 9.97. The molecule has 0 aromatic heterocycles. The van der Waals surface area contributed by atoms with Crippen molar-refractivity contribution >= 4 is 17.4 Å². The molecule has 0 bridgehead atoms. The molecular formula is C23H32N2O8. The molecule has 33 heavy (non-hydrogen) atoms. The number of carbonyl (C=O) groups is 2. The van der Waals surface area contributed by atoms with Crippen LogP contribution in [0.15, 0.2) is 48.1 Å². The Morgan fingerprint density at radius 3 is 2.33 bits per heavy atom. The standard InChI is InChI=1S/C23H32N2O8/c1-13(11-14(2)19(28)15-6-8-16(9-7-15)25(3)4)5-10-18(27)24-33-23-22(31)21(30)20(29)17(12-26)32-23/h5-11,14,17,20-23,26,29-31H,12H2,1-4H3,(H,24,27)/t14-,17-,20+,21+,22+,23-/m0/s1. The molecule has 1 aliphatic rings. The van der Waals surface area contributed by atoms with Gasteiger partial charge in [-0.1, -0.05) is 24.6 Å². The minimum Gasteiger partial charge on any atom is -0.394 e. The van der Waals surface area contributed by atoms with Gasteiger partial charge in [0.15, 0.2) is 5.78 Å². The molecule has 182 valence electrons. The summed E-state index contributed by atoms with van der Waals surface area (Å²) in [6.07, 6.45) is -3.02. The lowest BCUT2D eigenvalue weighted by Crippen LogP contribution is -2.60. The topological polar surface area (TPSA) is 149 Å². The summed E-state index contributed by atoms with van der Waals surface area (Å²) in [6, 6.07) is 7.29. The van der Waals surface area contributed by atoms with Crippen LogP contribution in [0.5, 0.6) is 0 Å². The van der Waals surface area contributed by atoms with Gasteiger partial charge in [0.1, 0.15) is 24.4 Å². The van der Waals surface area contributed by atoms with E-state index >= 15 is 0 Å². The number of hydrogen-bond acceptors (Lipinski definition) is 9. The van der Waals surface area contributed by atoms with Crippen molar-refractivity contribution in [3.63, 3.8) is 0 Å². The van der Waals surface area contributed by atoms with Gasteiger partial charge in [-0.25, -0.2) is 10.3 Å². The molecule has 0 unspecified atom stereocenters. The molecule has 2 rings (SSSR count). The van der Waals surface area contributed by atoms with Crippen LogP contribution < -0.4 is 10.4 Å². The van der Waals surface area contributed by atoms with Crippen molar-refractivity contribution in [3.8, 4) is 0 Å². The number of carbonyl (C=O) groups excluding carboxylic acids is 2. The predicted molar refractivity (Wildman–Crippen MR) is 120 cm³/mol. The number of benzene rings is 1. The number of aliphatic hydroxyl groups is 4. The molecule has 1 fully saturated rings. The fraction of sp³-hybridized carbons (Fsp3) is 0.478. The maximum atomic E-state index is 12.6. The van der Waals surface area contributed by atoms with Crippen LogP contribution in [0.2, 0.25) is 0 Å². The van der Waals surface area contributed by atoms with E-state index < -0.39 is 49.1 Å². The fourth-order valence-corrected chi connectivity index (χ4v) is 3.23. The summed E-state index contributed by atoms with van der Waals surface area (Å²) in [7, 11) is 3.84. The molecule has 0 aliphatic carbocycles. The summed E-state index contributed by atoms with van der Waals surface area (Å²) in [5, 5.41) is 38.5. The average Bonchev–Trinajstić information content (AvgIpc) is 2.80. The molecule has 1 aromatic carbocycles. The first-order chi connectivity index (χ1) is 15.5. The maximum Gasteiger partial charge on any atom is 0.267 e. The number of anilines is 1. The molecule has 5 N–H and O–H groups in total. The summed E-state index contributed by atoms with van der Waals surface area (Å²) < 4.78 is 5.13. The van der Waals surface area contributed by atoms with Crippen LogP contribution in [0.4, 0.5) is 5.69 Å². The van der Waals surface area contributed by atoms with Crippen LogP contribution in [-0.4, -0.2) is 83.5 Å². The first-order valence-corrected chi connectivity index (χ1v) is 10.5. The van der Waals surface area contributed by atoms with Crippen LogP contribution >= 0.6 is 0 Å². The van der Waals surface area contributed by atoms with Crippen molar-refractivity contribution in [1.29, 1.82) is 0 Å². The maximum absolute atomic E-state index is 12.6. The minimum absolute atomic E-state index is 0.0524. The zero-order chi connectivity index (χ0) is 24.7. The summed E-state index contributed by atoms with van der Waals surface area (Å²) >= 11 is 0. The highest BCUT2D eigenvalue weighted by Crippen LogP contribution is 2.21. The number of amides is 1. The van der Waals surface area contributed by atoms with E-state index in [4.69, 9.17) is 14.7 Å². The van der Waals surface area contributed by atoms with Gasteiger partial charge >= 0.3 is 0 Å². The second-order valence-corrected chi connectivity index (χ2v) is 8.12. The summed E-state index contributed by atoms with van der Waals surface area (Å²) in [6.45, 7) is 2.89. The number of aliphatic hydroxyl groups excluding tert-OH is 4. The number of ketones is 1. The van der Waals surface area contributed by atoms with E-state index in [0.29, 0.717) is 11.1 Å². The average molecular weight is 465 g/mol. The fourth-order valence-electron chi connectivity index (χ4n) is 3.23. The van der Waals surface area contributed by atoms with E-state index in [1.807, 2.05) is 31.1 Å². The number of Topliss-reactive ketones (excluding diaryl/α,β-unsaturated/α-hetero) is 1. The van der Waals surface area contributed by atoms with Gasteiger partial charge in [0.05, 0.1) is 6.61 Å². The van der Waals surface area contributed by atoms with Gasteiger partial charge in [0, 0.05) is 37.3 Å². The predicted octanol–water partition coefficient (Wildman–Crippen LogP) is -0.0784. The normalized spacial score (nSPS) is 26.8. The van der Waals surface area contributed by atoms with Crippen LogP contribution in [0.1, 0.15) is 24.2 Å². The molecule has 0 spiro atoms. The monoisotopic (exact) mass is 464 g/mol. The largest absolute Gasteiger partial charge is 0.394 e. The van der Waals surface area contributed by atoms with Gasteiger partial charge in [-0.15, -0.1) is 0 Å². The Balaban J connectivity index is 1.89. The Morgan fingerprint density at radius 2 is 1.76 bits per heavy atom. The lowest BCUT2D eigenvalue weighted by Gasteiger charge is -2.38. The molecule has 1 aliphatic heterocycles. The second-order valence-electron chi connectivity index (χ2n) is 8.12. The van der Waals surface area contributed by atoms with Gasteiger partial charge in [-0.3, -0.25) is 9.59 Å². The van der Waals surface area contributed by atoms with Crippen LogP contribution in [0.25, 0.3) is 0 Å². The third-order valence-corrected chi connectivity index (χ3v) is 5.22. The molecule has 1 amide bonds. The van der Waals surface area contributed by atoms with E-state index in [1.165, 1.54) is 12.2 Å². The Bertz CT molecular complexity index is 866. The van der Waals surface area contributed by atoms with Crippen LogP contribution in [0.3, 0.4) is 0 Å². The number of allylic oxidation sites excluding steroid dienone is 3. The van der Waals surface area contributed by atoms with E-state index in [2.05, 4.69) is 5.48 Å². The molecular weight excluding hydrogens is 432 g/mol. The van der Waals surface area contributed by atoms with Crippen LogP contribution in [-0.2, 0) is 14.4 Å². The molecule has 10 nitrogen and oxygen atoms in total. The quantitative estimate of drug-likeness (QED) is 0.146. The highest BCUT2D eigenvalue weighted by atomic mass is 16.8. The summed E-state index contributed by atoms with van der Waals surface area (Å²) in [5.74, 6) is -1.14. The number of hydroxylamine groups is 1. The van der Waals surface area contributed by atoms with Gasteiger partial charge in [-0.2, -0.15) is 0 Å². The number of nitrogens with one attached hydrogen (secondary N) is 1. The molecule has 0 radical (unpaired) electrons. The Labute approximate surface area is 192 Å². The Hall–Kier alpha value is -2.60. The van der Waals surface area contributed by atoms with Gasteiger partial charge in [0.25, 0.3) is 5.91 Å². The molecule has 1 aromatic rings. The van der Waals surface area contributed by atoms with E-state index in [0.717, 1.165) is 5.69 Å². The molecule has 1 heterocycles. The van der Waals surface area contributed by atoms with E-state index in [1.54, 1.807) is 32.1 Å². The van der Waals surface area contributed by atoms with E-state index in [-0.39, 0.29) is 5.78 Å². The first-order valence-electron chi connectivity index (χ1n) is 10.5. The summed E-state index contributed by atoms with van der Waals surface area (Å²) in [5.41, 5.74) is 4.30. The van der Waals surface area contributed by atoms with Crippen molar-refractivity contribution in [3.05, 3.63) is 53.6 Å². The SMILES string of the molecule is CC(C=CC(=O)NO[C@@H]1O[C@@H](CO)[C@@H](O)[C@@H](O)[C@H]1O)=C[C@H](C)C(=O)c1ccc(N(C)C)cc1. The zero-order valence-corrected chi connectivity index (χ0v) is 19.1. The van der Waals surface area contributed by atoms with Crippen molar-refractivity contribution in [2.24, 2.45) is 5.92 Å². The van der Waals surface area contributed by atoms with Gasteiger partial charge in [-0.05, 0) is 31.2 Å². The van der Waals surface area contributed by atoms with Crippen molar-refractivity contribution < 1.29 is 39.6 Å². The molecule has 6 atom stereocenters. The highest BCUT2D eigenvalue weighted by molar-refractivity contribution is 5.99. The molecule has 1 saturated heterocycles. The zero-order valence-electron chi connectivity index (χ0n) is 19.1. The first kappa shape index (κ1) is 26.7. The van der Waals surface area contributed by atoms with Crippen LogP contribution in [0, 0.1) is 5.92 Å². The van der Waals surface area contributed by atoms with Crippen molar-refractivity contribution in [2.75, 3.05) is 25.6 Å². The second kappa shape index (κ2) is 12.0. The third-order valence-electron chi connectivity index (χ3n) is 5.22. The summed E-state index contributed by atoms with van der Waals surface area (Å²) in [4.78, 5) is 31.5. The van der Waals surface area contributed by atoms with Crippen molar-refractivity contribution in [2.45, 2.75) is 44.6 Å².